The second-order valence-electron chi connectivity index (χ2n) is 7.16. The number of carbonyl (C=O) groups is 2. The van der Waals surface area contributed by atoms with Gasteiger partial charge in [0.15, 0.2) is 0 Å². The number of hydrogen-bond donors (Lipinski definition) is 0. The van der Waals surface area contributed by atoms with Crippen molar-refractivity contribution in [2.24, 2.45) is 0 Å². The van der Waals surface area contributed by atoms with Crippen LogP contribution in [0.15, 0.2) is 84.9 Å². The molecule has 4 nitrogen and oxygen atoms in total. The summed E-state index contributed by atoms with van der Waals surface area (Å²) in [4.78, 5) is 27.0. The average molecular weight is 385 g/mol. The first-order valence-electron chi connectivity index (χ1n) is 9.92. The van der Waals surface area contributed by atoms with Crippen LogP contribution in [0.2, 0.25) is 0 Å². The lowest BCUT2D eigenvalue weighted by molar-refractivity contribution is 0.0492. The molecule has 4 heteroatoms. The van der Waals surface area contributed by atoms with Crippen molar-refractivity contribution in [2.45, 2.75) is 18.8 Å². The van der Waals surface area contributed by atoms with Crippen LogP contribution in [0, 0.1) is 0 Å². The molecule has 0 spiro atoms. The number of anilines is 1. The molecule has 146 valence electrons. The number of esters is 1. The molecule has 0 saturated carbocycles. The number of rotatable bonds is 5. The monoisotopic (exact) mass is 385 g/mol. The van der Waals surface area contributed by atoms with Crippen molar-refractivity contribution < 1.29 is 14.3 Å². The minimum atomic E-state index is -0.296. The van der Waals surface area contributed by atoms with Gasteiger partial charge in [-0.05, 0) is 54.7 Å². The van der Waals surface area contributed by atoms with E-state index in [1.54, 1.807) is 12.1 Å². The normalized spacial score (nSPS) is 15.4. The lowest BCUT2D eigenvalue weighted by Crippen LogP contribution is -2.37. The van der Waals surface area contributed by atoms with Crippen molar-refractivity contribution in [3.63, 3.8) is 0 Å². The van der Waals surface area contributed by atoms with Crippen molar-refractivity contribution in [2.75, 3.05) is 18.1 Å². The molecule has 1 aliphatic heterocycles. The third-order valence-electron chi connectivity index (χ3n) is 5.34. The number of fused-ring (bicyclic) bond motifs is 1. The van der Waals surface area contributed by atoms with Crippen molar-refractivity contribution in [3.05, 3.63) is 102 Å². The molecule has 3 aromatic rings. The van der Waals surface area contributed by atoms with E-state index in [4.69, 9.17) is 4.74 Å². The third kappa shape index (κ3) is 4.21. The number of para-hydroxylation sites is 1. The van der Waals surface area contributed by atoms with Gasteiger partial charge in [0.1, 0.15) is 0 Å². The van der Waals surface area contributed by atoms with E-state index < -0.39 is 0 Å². The maximum atomic E-state index is 13.0. The van der Waals surface area contributed by atoms with Crippen molar-refractivity contribution >= 4 is 17.6 Å². The van der Waals surface area contributed by atoms with Gasteiger partial charge in [-0.3, -0.25) is 4.79 Å². The Morgan fingerprint density at radius 2 is 1.45 bits per heavy atom. The van der Waals surface area contributed by atoms with Gasteiger partial charge in [0.25, 0.3) is 5.91 Å². The highest BCUT2D eigenvalue weighted by Crippen LogP contribution is 2.37. The van der Waals surface area contributed by atoms with E-state index in [-0.39, 0.29) is 17.8 Å². The van der Waals surface area contributed by atoms with Gasteiger partial charge < -0.3 is 9.64 Å². The Bertz CT molecular complexity index is 985. The first-order chi connectivity index (χ1) is 14.2. The summed E-state index contributed by atoms with van der Waals surface area (Å²) >= 11 is 0. The molecule has 29 heavy (non-hydrogen) atoms. The fourth-order valence-corrected chi connectivity index (χ4v) is 3.84. The predicted molar refractivity (Wildman–Crippen MR) is 113 cm³/mol. The summed E-state index contributed by atoms with van der Waals surface area (Å²) in [5.74, 6) is -0.0165. The van der Waals surface area contributed by atoms with Crippen LogP contribution in [0.5, 0.6) is 0 Å². The molecule has 3 aromatic carbocycles. The zero-order valence-electron chi connectivity index (χ0n) is 16.2. The molecule has 0 fully saturated rings. The molecule has 0 N–H and O–H groups in total. The zero-order valence-corrected chi connectivity index (χ0v) is 16.2. The molecule has 1 atom stereocenters. The molecule has 1 heterocycles. The van der Waals surface area contributed by atoms with Gasteiger partial charge in [0, 0.05) is 17.8 Å². The molecule has 0 saturated heterocycles. The van der Waals surface area contributed by atoms with E-state index in [9.17, 15) is 9.59 Å². The van der Waals surface area contributed by atoms with Crippen molar-refractivity contribution in [1.82, 2.24) is 0 Å². The minimum Gasteiger partial charge on any atom is -0.462 e. The second kappa shape index (κ2) is 8.74. The fourth-order valence-electron chi connectivity index (χ4n) is 3.84. The Labute approximate surface area is 170 Å². The SMILES string of the molecule is O=C(OCCC1CCN(C(=O)c2ccccc2)c2ccccc21)c1ccccc1. The van der Waals surface area contributed by atoms with E-state index in [1.165, 1.54) is 0 Å². The van der Waals surface area contributed by atoms with Crippen LogP contribution in [-0.4, -0.2) is 25.0 Å². The Balaban J connectivity index is 1.44. The summed E-state index contributed by atoms with van der Waals surface area (Å²) in [6.07, 6.45) is 1.58. The van der Waals surface area contributed by atoms with Crippen molar-refractivity contribution in [1.29, 1.82) is 0 Å². The Morgan fingerprint density at radius 1 is 0.828 bits per heavy atom. The van der Waals surface area contributed by atoms with Gasteiger partial charge >= 0.3 is 5.97 Å². The summed E-state index contributed by atoms with van der Waals surface area (Å²) in [6, 6.07) is 26.4. The summed E-state index contributed by atoms with van der Waals surface area (Å²) in [6.45, 7) is 1.02. The van der Waals surface area contributed by atoms with Gasteiger partial charge in [-0.15, -0.1) is 0 Å². The quantitative estimate of drug-likeness (QED) is 0.576. The summed E-state index contributed by atoms with van der Waals surface area (Å²) in [5.41, 5.74) is 3.35. The molecule has 4 rings (SSSR count). The molecule has 0 aliphatic carbocycles. The highest BCUT2D eigenvalue weighted by molar-refractivity contribution is 6.06. The second-order valence-corrected chi connectivity index (χ2v) is 7.16. The zero-order chi connectivity index (χ0) is 20.1. The van der Waals surface area contributed by atoms with E-state index >= 15 is 0 Å². The first kappa shape index (κ1) is 18.9. The molecule has 1 aliphatic rings. The third-order valence-corrected chi connectivity index (χ3v) is 5.34. The first-order valence-corrected chi connectivity index (χ1v) is 9.92. The van der Waals surface area contributed by atoms with Gasteiger partial charge in [-0.2, -0.15) is 0 Å². The number of amides is 1. The summed E-state index contributed by atoms with van der Waals surface area (Å²) < 4.78 is 5.47. The standard InChI is InChI=1S/C25H23NO3/c27-24(20-9-3-1-4-10-20)26-17-15-19(22-13-7-8-14-23(22)26)16-18-29-25(28)21-11-5-2-6-12-21/h1-14,19H,15-18H2. The molecule has 1 unspecified atom stereocenters. The lowest BCUT2D eigenvalue weighted by Gasteiger charge is -2.34. The van der Waals surface area contributed by atoms with Crippen LogP contribution in [-0.2, 0) is 4.74 Å². The largest absolute Gasteiger partial charge is 0.462 e. The number of nitrogens with zero attached hydrogens (tertiary/aromatic N) is 1. The van der Waals surface area contributed by atoms with Crippen LogP contribution in [0.4, 0.5) is 5.69 Å². The highest BCUT2D eigenvalue weighted by atomic mass is 16.5. The van der Waals surface area contributed by atoms with Crippen molar-refractivity contribution in [3.8, 4) is 0 Å². The van der Waals surface area contributed by atoms with Crippen LogP contribution >= 0.6 is 0 Å². The molecular formula is C25H23NO3. The van der Waals surface area contributed by atoms with Crippen LogP contribution in [0.25, 0.3) is 0 Å². The fraction of sp³-hybridized carbons (Fsp3) is 0.200. The Kier molecular flexibility index (Phi) is 5.71. The highest BCUT2D eigenvalue weighted by Gasteiger charge is 2.29. The molecule has 1 amide bonds. The molecule has 0 radical (unpaired) electrons. The van der Waals surface area contributed by atoms with E-state index in [1.807, 2.05) is 71.6 Å². The average Bonchev–Trinajstić information content (AvgIpc) is 2.80. The van der Waals surface area contributed by atoms with Gasteiger partial charge in [0.05, 0.1) is 12.2 Å². The number of carbonyl (C=O) groups excluding carboxylic acids is 2. The minimum absolute atomic E-state index is 0.0204. The molecular weight excluding hydrogens is 362 g/mol. The molecule has 0 aromatic heterocycles. The number of ether oxygens (including phenoxy) is 1. The number of benzene rings is 3. The predicted octanol–water partition coefficient (Wildman–Crippen LogP) is 5.07. The maximum Gasteiger partial charge on any atom is 0.338 e. The van der Waals surface area contributed by atoms with Crippen LogP contribution in [0.3, 0.4) is 0 Å². The summed E-state index contributed by atoms with van der Waals surface area (Å²) in [7, 11) is 0. The van der Waals surface area contributed by atoms with Gasteiger partial charge in [-0.25, -0.2) is 4.79 Å². The smallest absolute Gasteiger partial charge is 0.338 e. The summed E-state index contributed by atoms with van der Waals surface area (Å²) in [5, 5.41) is 0. The van der Waals surface area contributed by atoms with E-state index in [0.29, 0.717) is 24.3 Å². The van der Waals surface area contributed by atoms with E-state index in [2.05, 4.69) is 6.07 Å². The number of hydrogen-bond acceptors (Lipinski definition) is 3. The van der Waals surface area contributed by atoms with Gasteiger partial charge in [-0.1, -0.05) is 54.6 Å². The topological polar surface area (TPSA) is 46.6 Å². The van der Waals surface area contributed by atoms with Crippen LogP contribution in [0.1, 0.15) is 45.0 Å². The maximum absolute atomic E-state index is 13.0. The Morgan fingerprint density at radius 3 is 2.17 bits per heavy atom. The lowest BCUT2D eigenvalue weighted by atomic mass is 9.87. The van der Waals surface area contributed by atoms with Gasteiger partial charge in [0.2, 0.25) is 0 Å². The molecule has 0 bridgehead atoms. The van der Waals surface area contributed by atoms with E-state index in [0.717, 1.165) is 24.1 Å². The Hall–Kier alpha value is -3.40. The van der Waals surface area contributed by atoms with Crippen LogP contribution < -0.4 is 4.90 Å².